The van der Waals surface area contributed by atoms with Gasteiger partial charge in [-0.3, -0.25) is 4.79 Å². The van der Waals surface area contributed by atoms with Gasteiger partial charge in [-0.05, 0) is 6.42 Å². The molecule has 0 saturated carbocycles. The number of hydrogen-bond acceptors (Lipinski definition) is 5. The maximum atomic E-state index is 11.8. The van der Waals surface area contributed by atoms with Crippen LogP contribution in [0.25, 0.3) is 0 Å². The first-order valence-electron chi connectivity index (χ1n) is 6.16. The third-order valence-electron chi connectivity index (χ3n) is 2.54. The molecule has 0 aliphatic carbocycles. The van der Waals surface area contributed by atoms with Crippen LogP contribution in [0.4, 0.5) is 5.69 Å². The molecule has 0 fully saturated rings. The number of aromatic nitrogens is 2. The van der Waals surface area contributed by atoms with E-state index in [0.717, 1.165) is 18.7 Å². The summed E-state index contributed by atoms with van der Waals surface area (Å²) >= 11 is 0. The Bertz CT molecular complexity index is 406. The quantitative estimate of drug-likeness (QED) is 0.667. The van der Waals surface area contributed by atoms with E-state index in [1.807, 2.05) is 11.9 Å². The van der Waals surface area contributed by atoms with Crippen molar-refractivity contribution in [3.05, 3.63) is 22.6 Å². The summed E-state index contributed by atoms with van der Waals surface area (Å²) in [6.07, 6.45) is 2.71. The van der Waals surface area contributed by atoms with Gasteiger partial charge in [-0.2, -0.15) is 5.10 Å². The summed E-state index contributed by atoms with van der Waals surface area (Å²) in [5, 5.41) is 12.7. The molecule has 1 aromatic heterocycles. The molecule has 0 aliphatic heterocycles. The number of aliphatic hydroxyl groups is 1. The summed E-state index contributed by atoms with van der Waals surface area (Å²) in [6, 6.07) is 1.58. The van der Waals surface area contributed by atoms with Crippen molar-refractivity contribution < 1.29 is 9.84 Å². The first kappa shape index (κ1) is 14.7. The van der Waals surface area contributed by atoms with Crippen LogP contribution in [0.3, 0.4) is 0 Å². The maximum absolute atomic E-state index is 11.8. The normalized spacial score (nSPS) is 10.6. The highest BCUT2D eigenvalue weighted by molar-refractivity contribution is 5.41. The van der Waals surface area contributed by atoms with Crippen LogP contribution in [0.1, 0.15) is 13.3 Å². The molecule has 6 nitrogen and oxygen atoms in total. The average Bonchev–Trinajstić information content (AvgIpc) is 2.36. The van der Waals surface area contributed by atoms with Gasteiger partial charge in [0, 0.05) is 19.7 Å². The van der Waals surface area contributed by atoms with E-state index in [9.17, 15) is 4.79 Å². The Kier molecular flexibility index (Phi) is 6.38. The Morgan fingerprint density at radius 1 is 1.50 bits per heavy atom. The highest BCUT2D eigenvalue weighted by Gasteiger charge is 2.03. The summed E-state index contributed by atoms with van der Waals surface area (Å²) in [6.45, 7) is 4.03. The lowest BCUT2D eigenvalue weighted by atomic mass is 10.3. The van der Waals surface area contributed by atoms with Crippen molar-refractivity contribution in [2.45, 2.75) is 19.9 Å². The number of anilines is 1. The van der Waals surface area contributed by atoms with Gasteiger partial charge in [0.25, 0.3) is 5.56 Å². The number of aliphatic hydroxyl groups excluding tert-OH is 1. The summed E-state index contributed by atoms with van der Waals surface area (Å²) < 4.78 is 6.46. The molecule has 1 heterocycles. The summed E-state index contributed by atoms with van der Waals surface area (Å²) in [4.78, 5) is 13.8. The second kappa shape index (κ2) is 7.84. The maximum Gasteiger partial charge on any atom is 0.268 e. The van der Waals surface area contributed by atoms with Crippen molar-refractivity contribution >= 4 is 5.69 Å². The van der Waals surface area contributed by atoms with Gasteiger partial charge in [0.15, 0.2) is 0 Å². The standard InChI is InChI=1S/C12H21N3O3/c1-3-4-14(2)11-9-12(17)15(13-10-11)5-7-18-8-6-16/h9-10,16H,3-8H2,1-2H3. The van der Waals surface area contributed by atoms with E-state index in [0.29, 0.717) is 13.2 Å². The van der Waals surface area contributed by atoms with E-state index >= 15 is 0 Å². The van der Waals surface area contributed by atoms with Crippen LogP contribution in [-0.2, 0) is 11.3 Å². The minimum absolute atomic E-state index is 0.0108. The van der Waals surface area contributed by atoms with Crippen LogP contribution in [0.15, 0.2) is 17.1 Å². The van der Waals surface area contributed by atoms with Crippen molar-refractivity contribution in [2.75, 3.05) is 38.3 Å². The Morgan fingerprint density at radius 2 is 2.28 bits per heavy atom. The Morgan fingerprint density at radius 3 is 2.89 bits per heavy atom. The van der Waals surface area contributed by atoms with Crippen molar-refractivity contribution in [3.63, 3.8) is 0 Å². The Labute approximate surface area is 107 Å². The zero-order valence-corrected chi connectivity index (χ0v) is 11.0. The SMILES string of the molecule is CCCN(C)c1cnn(CCOCCO)c(=O)c1. The predicted molar refractivity (Wildman–Crippen MR) is 70.0 cm³/mol. The minimum atomic E-state index is -0.136. The smallest absolute Gasteiger partial charge is 0.268 e. The van der Waals surface area contributed by atoms with Crippen molar-refractivity contribution in [3.8, 4) is 0 Å². The van der Waals surface area contributed by atoms with Crippen molar-refractivity contribution in [1.82, 2.24) is 9.78 Å². The van der Waals surface area contributed by atoms with Gasteiger partial charge in [-0.1, -0.05) is 6.92 Å². The van der Waals surface area contributed by atoms with E-state index < -0.39 is 0 Å². The zero-order valence-electron chi connectivity index (χ0n) is 11.0. The molecule has 1 rings (SSSR count). The van der Waals surface area contributed by atoms with Crippen molar-refractivity contribution in [1.29, 1.82) is 0 Å². The third kappa shape index (κ3) is 4.46. The third-order valence-corrected chi connectivity index (χ3v) is 2.54. The van der Waals surface area contributed by atoms with Crippen LogP contribution in [0.2, 0.25) is 0 Å². The number of nitrogens with zero attached hydrogens (tertiary/aromatic N) is 3. The van der Waals surface area contributed by atoms with Gasteiger partial charge < -0.3 is 14.7 Å². The van der Waals surface area contributed by atoms with Crippen LogP contribution < -0.4 is 10.5 Å². The summed E-state index contributed by atoms with van der Waals surface area (Å²) in [5.41, 5.74) is 0.692. The molecule has 0 radical (unpaired) electrons. The molecular formula is C12H21N3O3. The first-order chi connectivity index (χ1) is 8.69. The lowest BCUT2D eigenvalue weighted by Crippen LogP contribution is -2.27. The number of rotatable bonds is 8. The number of hydrogen-bond donors (Lipinski definition) is 1. The molecule has 1 N–H and O–H groups in total. The van der Waals surface area contributed by atoms with Gasteiger partial charge in [-0.15, -0.1) is 0 Å². The molecular weight excluding hydrogens is 234 g/mol. The fourth-order valence-corrected chi connectivity index (χ4v) is 1.58. The predicted octanol–water partition coefficient (Wildman–Crippen LogP) is 0.0984. The molecule has 1 aromatic rings. The van der Waals surface area contributed by atoms with Gasteiger partial charge in [0.2, 0.25) is 0 Å². The van der Waals surface area contributed by atoms with Gasteiger partial charge >= 0.3 is 0 Å². The van der Waals surface area contributed by atoms with E-state index in [-0.39, 0.29) is 18.8 Å². The topological polar surface area (TPSA) is 67.6 Å². The molecule has 0 aromatic carbocycles. The van der Waals surface area contributed by atoms with Gasteiger partial charge in [0.1, 0.15) is 0 Å². The average molecular weight is 255 g/mol. The second-order valence-electron chi connectivity index (χ2n) is 4.03. The second-order valence-corrected chi connectivity index (χ2v) is 4.03. The fourth-order valence-electron chi connectivity index (χ4n) is 1.58. The molecule has 0 spiro atoms. The van der Waals surface area contributed by atoms with Crippen LogP contribution >= 0.6 is 0 Å². The van der Waals surface area contributed by atoms with Crippen molar-refractivity contribution in [2.24, 2.45) is 0 Å². The van der Waals surface area contributed by atoms with Crippen LogP contribution in [-0.4, -0.2) is 48.3 Å². The van der Waals surface area contributed by atoms with E-state index in [1.54, 1.807) is 12.3 Å². The molecule has 0 unspecified atom stereocenters. The lowest BCUT2D eigenvalue weighted by Gasteiger charge is -2.17. The van der Waals surface area contributed by atoms with Gasteiger partial charge in [0.05, 0.1) is 38.2 Å². The molecule has 102 valence electrons. The van der Waals surface area contributed by atoms with E-state index in [4.69, 9.17) is 9.84 Å². The Balaban J connectivity index is 2.59. The first-order valence-corrected chi connectivity index (χ1v) is 6.16. The zero-order chi connectivity index (χ0) is 13.4. The molecule has 18 heavy (non-hydrogen) atoms. The van der Waals surface area contributed by atoms with Crippen LogP contribution in [0.5, 0.6) is 0 Å². The number of ether oxygens (including phenoxy) is 1. The molecule has 0 amide bonds. The highest BCUT2D eigenvalue weighted by atomic mass is 16.5. The minimum Gasteiger partial charge on any atom is -0.394 e. The molecule has 6 heteroatoms. The monoisotopic (exact) mass is 255 g/mol. The fraction of sp³-hybridized carbons (Fsp3) is 0.667. The lowest BCUT2D eigenvalue weighted by molar-refractivity contribution is 0.0847. The molecule has 0 bridgehead atoms. The molecule has 0 saturated heterocycles. The molecule has 0 atom stereocenters. The van der Waals surface area contributed by atoms with Gasteiger partial charge in [-0.25, -0.2) is 4.68 Å². The largest absolute Gasteiger partial charge is 0.394 e. The Hall–Kier alpha value is -1.40. The van der Waals surface area contributed by atoms with Crippen LogP contribution in [0, 0.1) is 0 Å². The molecule has 0 aliphatic rings. The van der Waals surface area contributed by atoms with E-state index in [2.05, 4.69) is 12.0 Å². The summed E-state index contributed by atoms with van der Waals surface area (Å²) in [5.74, 6) is 0. The summed E-state index contributed by atoms with van der Waals surface area (Å²) in [7, 11) is 1.94. The highest BCUT2D eigenvalue weighted by Crippen LogP contribution is 2.06. The van der Waals surface area contributed by atoms with E-state index in [1.165, 1.54) is 4.68 Å².